The van der Waals surface area contributed by atoms with Gasteiger partial charge in [0, 0.05) is 6.20 Å². The smallest absolute Gasteiger partial charge is 0.177 e. The lowest BCUT2D eigenvalue weighted by Crippen LogP contribution is -1.92. The van der Waals surface area contributed by atoms with Crippen molar-refractivity contribution in [1.82, 2.24) is 19.6 Å². The number of aromatic nitrogens is 4. The molecule has 0 aromatic carbocycles. The van der Waals surface area contributed by atoms with Gasteiger partial charge in [-0.25, -0.2) is 4.98 Å². The highest BCUT2D eigenvalue weighted by Crippen LogP contribution is 2.15. The summed E-state index contributed by atoms with van der Waals surface area (Å²) in [4.78, 5) is 3.97. The molecule has 0 aliphatic heterocycles. The van der Waals surface area contributed by atoms with E-state index in [4.69, 9.17) is 11.6 Å². The van der Waals surface area contributed by atoms with Gasteiger partial charge in [-0.05, 0) is 15.9 Å². The van der Waals surface area contributed by atoms with E-state index < -0.39 is 0 Å². The zero-order chi connectivity index (χ0) is 8.55. The number of hydrogen-bond acceptors (Lipinski definition) is 3. The molecule has 0 spiro atoms. The van der Waals surface area contributed by atoms with Gasteiger partial charge in [-0.15, -0.1) is 21.8 Å². The van der Waals surface area contributed by atoms with Gasteiger partial charge in [0.1, 0.15) is 6.33 Å². The summed E-state index contributed by atoms with van der Waals surface area (Å²) in [5, 5.41) is 7.82. The van der Waals surface area contributed by atoms with Crippen molar-refractivity contribution in [2.45, 2.75) is 5.88 Å². The third-order valence-electron chi connectivity index (χ3n) is 1.47. The van der Waals surface area contributed by atoms with Crippen molar-refractivity contribution in [3.8, 4) is 0 Å². The molecule has 12 heavy (non-hydrogen) atoms. The van der Waals surface area contributed by atoms with Crippen molar-refractivity contribution < 1.29 is 0 Å². The summed E-state index contributed by atoms with van der Waals surface area (Å²) < 4.78 is 2.56. The first-order valence-corrected chi connectivity index (χ1v) is 4.55. The van der Waals surface area contributed by atoms with Crippen LogP contribution in [0.1, 0.15) is 5.82 Å². The Morgan fingerprint density at radius 2 is 2.33 bits per heavy atom. The third-order valence-corrected chi connectivity index (χ3v) is 2.27. The topological polar surface area (TPSA) is 43.1 Å². The van der Waals surface area contributed by atoms with Crippen LogP contribution in [-0.2, 0) is 5.88 Å². The van der Waals surface area contributed by atoms with E-state index in [9.17, 15) is 0 Å². The van der Waals surface area contributed by atoms with Crippen LogP contribution in [0.3, 0.4) is 0 Å². The molecule has 0 aliphatic rings. The lowest BCUT2D eigenvalue weighted by atomic mass is 10.6. The number of rotatable bonds is 1. The Balaban J connectivity index is 2.80. The van der Waals surface area contributed by atoms with E-state index in [1.165, 1.54) is 0 Å². The largest absolute Gasteiger partial charge is 0.267 e. The van der Waals surface area contributed by atoms with Crippen molar-refractivity contribution >= 4 is 33.2 Å². The van der Waals surface area contributed by atoms with Gasteiger partial charge in [0.25, 0.3) is 0 Å². The van der Waals surface area contributed by atoms with Gasteiger partial charge < -0.3 is 0 Å². The summed E-state index contributed by atoms with van der Waals surface area (Å²) in [5.74, 6) is 1.03. The Bertz CT molecular complexity index is 413. The minimum atomic E-state index is 0.333. The number of fused-ring (bicyclic) bond motifs is 1. The summed E-state index contributed by atoms with van der Waals surface area (Å²) in [6.45, 7) is 0. The maximum absolute atomic E-state index is 5.63. The zero-order valence-electron chi connectivity index (χ0n) is 5.91. The summed E-state index contributed by atoms with van der Waals surface area (Å²) in [7, 11) is 0. The number of nitrogens with zero attached hydrogens (tertiary/aromatic N) is 4. The van der Waals surface area contributed by atoms with E-state index in [0.717, 1.165) is 10.1 Å². The number of halogens is 2. The van der Waals surface area contributed by atoms with Crippen molar-refractivity contribution in [3.05, 3.63) is 22.8 Å². The van der Waals surface area contributed by atoms with E-state index in [2.05, 4.69) is 31.1 Å². The van der Waals surface area contributed by atoms with Gasteiger partial charge in [-0.1, -0.05) is 0 Å². The summed E-state index contributed by atoms with van der Waals surface area (Å²) in [6, 6.07) is 0. The van der Waals surface area contributed by atoms with Crippen molar-refractivity contribution in [2.24, 2.45) is 0 Å². The van der Waals surface area contributed by atoms with Crippen LogP contribution in [0, 0.1) is 0 Å². The molecule has 2 aromatic rings. The minimum Gasteiger partial charge on any atom is -0.267 e. The molecule has 0 unspecified atom stereocenters. The average molecular weight is 247 g/mol. The Kier molecular flexibility index (Phi) is 1.98. The first-order chi connectivity index (χ1) is 5.83. The van der Waals surface area contributed by atoms with E-state index in [0.29, 0.717) is 11.7 Å². The van der Waals surface area contributed by atoms with Crippen LogP contribution in [0.15, 0.2) is 17.0 Å². The minimum absolute atomic E-state index is 0.333. The lowest BCUT2D eigenvalue weighted by molar-refractivity contribution is 0.964. The molecule has 0 aliphatic carbocycles. The first-order valence-electron chi connectivity index (χ1n) is 3.22. The molecule has 0 bridgehead atoms. The molecule has 2 heterocycles. The first kappa shape index (κ1) is 7.94. The molecular formula is C6H4BrClN4. The van der Waals surface area contributed by atoms with Crippen LogP contribution in [-0.4, -0.2) is 19.6 Å². The van der Waals surface area contributed by atoms with E-state index >= 15 is 0 Å². The molecule has 2 aromatic heterocycles. The molecule has 0 N–H and O–H groups in total. The van der Waals surface area contributed by atoms with E-state index in [1.807, 2.05) is 0 Å². The summed E-state index contributed by atoms with van der Waals surface area (Å²) in [5.41, 5.74) is 0.737. The molecule has 0 atom stereocenters. The molecular weight excluding hydrogens is 243 g/mol. The molecule has 2 rings (SSSR count). The zero-order valence-corrected chi connectivity index (χ0v) is 8.25. The van der Waals surface area contributed by atoms with Gasteiger partial charge >= 0.3 is 0 Å². The highest BCUT2D eigenvalue weighted by atomic mass is 79.9. The van der Waals surface area contributed by atoms with Gasteiger partial charge in [0.15, 0.2) is 11.5 Å². The van der Waals surface area contributed by atoms with E-state index in [-0.39, 0.29) is 0 Å². The third kappa shape index (κ3) is 1.09. The van der Waals surface area contributed by atoms with Crippen molar-refractivity contribution in [3.63, 3.8) is 0 Å². The fourth-order valence-corrected chi connectivity index (χ4v) is 1.49. The second kappa shape index (κ2) is 2.99. The van der Waals surface area contributed by atoms with Gasteiger partial charge in [0.05, 0.1) is 10.4 Å². The Labute approximate surface area is 81.7 Å². The Hall–Kier alpha value is -0.680. The van der Waals surface area contributed by atoms with Gasteiger partial charge in [-0.2, -0.15) is 0 Å². The van der Waals surface area contributed by atoms with Crippen LogP contribution in [0.5, 0.6) is 0 Å². The van der Waals surface area contributed by atoms with Gasteiger partial charge in [-0.3, -0.25) is 4.40 Å². The average Bonchev–Trinajstić information content (AvgIpc) is 2.49. The Morgan fingerprint density at radius 1 is 1.50 bits per heavy atom. The monoisotopic (exact) mass is 246 g/mol. The molecule has 4 nitrogen and oxygen atoms in total. The fourth-order valence-electron chi connectivity index (χ4n) is 0.922. The number of alkyl halides is 1. The standard InChI is InChI=1S/C6H4BrClN4/c7-4-2-9-3-12-5(1-8)10-11-6(4)12/h2-3H,1H2. The molecule has 0 saturated heterocycles. The maximum atomic E-state index is 5.63. The second-order valence-corrected chi connectivity index (χ2v) is 3.31. The normalized spacial score (nSPS) is 10.8. The van der Waals surface area contributed by atoms with Crippen LogP contribution in [0.4, 0.5) is 0 Å². The molecule has 0 amide bonds. The highest BCUT2D eigenvalue weighted by molar-refractivity contribution is 9.10. The molecule has 0 radical (unpaired) electrons. The van der Waals surface area contributed by atoms with Crippen LogP contribution < -0.4 is 0 Å². The van der Waals surface area contributed by atoms with Crippen LogP contribution in [0.2, 0.25) is 0 Å². The van der Waals surface area contributed by atoms with Crippen molar-refractivity contribution in [2.75, 3.05) is 0 Å². The number of hydrogen-bond donors (Lipinski definition) is 0. The Morgan fingerprint density at radius 3 is 3.08 bits per heavy atom. The summed E-state index contributed by atoms with van der Waals surface area (Å²) >= 11 is 8.94. The molecule has 62 valence electrons. The van der Waals surface area contributed by atoms with Crippen LogP contribution >= 0.6 is 27.5 Å². The molecule has 0 saturated carbocycles. The fraction of sp³-hybridized carbons (Fsp3) is 0.167. The van der Waals surface area contributed by atoms with Crippen LogP contribution in [0.25, 0.3) is 5.65 Å². The predicted octanol–water partition coefficient (Wildman–Crippen LogP) is 1.63. The maximum Gasteiger partial charge on any atom is 0.177 e. The molecule has 0 fully saturated rings. The highest BCUT2D eigenvalue weighted by Gasteiger charge is 2.05. The molecule has 6 heteroatoms. The predicted molar refractivity (Wildman–Crippen MR) is 48.0 cm³/mol. The lowest BCUT2D eigenvalue weighted by Gasteiger charge is -1.94. The summed E-state index contributed by atoms with van der Waals surface area (Å²) in [6.07, 6.45) is 3.31. The second-order valence-electron chi connectivity index (χ2n) is 2.19. The SMILES string of the molecule is ClCc1nnc2c(Br)cncn12. The van der Waals surface area contributed by atoms with E-state index in [1.54, 1.807) is 16.9 Å². The quantitative estimate of drug-likeness (QED) is 0.719. The van der Waals surface area contributed by atoms with Crippen molar-refractivity contribution in [1.29, 1.82) is 0 Å². The van der Waals surface area contributed by atoms with Gasteiger partial charge in [0.2, 0.25) is 0 Å².